The lowest BCUT2D eigenvalue weighted by atomic mass is 9.98. The summed E-state index contributed by atoms with van der Waals surface area (Å²) >= 11 is 0. The molecule has 0 radical (unpaired) electrons. The highest BCUT2D eigenvalue weighted by atomic mass is 19.1. The molecular weight excluding hydrogens is 317 g/mol. The van der Waals surface area contributed by atoms with E-state index in [9.17, 15) is 14.0 Å². The van der Waals surface area contributed by atoms with Gasteiger partial charge in [0.2, 0.25) is 0 Å². The van der Waals surface area contributed by atoms with Crippen molar-refractivity contribution < 1.29 is 18.7 Å². The molecule has 0 aliphatic carbocycles. The molecule has 0 saturated heterocycles. The van der Waals surface area contributed by atoms with Crippen LogP contribution in [-0.4, -0.2) is 45.2 Å². The van der Waals surface area contributed by atoms with Gasteiger partial charge in [0.1, 0.15) is 18.2 Å². The summed E-state index contributed by atoms with van der Waals surface area (Å²) in [7, 11) is 1.26. The second kappa shape index (κ2) is 7.62. The van der Waals surface area contributed by atoms with E-state index in [4.69, 9.17) is 4.74 Å². The third-order valence-corrected chi connectivity index (χ3v) is 3.75. The number of esters is 1. The number of carbonyl (C=O) groups excluding carboxylic acids is 2. The van der Waals surface area contributed by atoms with E-state index in [2.05, 4.69) is 20.8 Å². The molecule has 9 heteroatoms. The zero-order valence-electron chi connectivity index (χ0n) is 13.6. The highest BCUT2D eigenvalue weighted by Crippen LogP contribution is 2.17. The second-order valence-corrected chi connectivity index (χ2v) is 5.28. The van der Waals surface area contributed by atoms with Crippen LogP contribution in [0.3, 0.4) is 0 Å². The maximum absolute atomic E-state index is 13.5. The maximum Gasteiger partial charge on any atom is 0.328 e. The first kappa shape index (κ1) is 17.5. The van der Waals surface area contributed by atoms with Gasteiger partial charge in [-0.2, -0.15) is 4.68 Å². The molecule has 0 spiro atoms. The van der Waals surface area contributed by atoms with Crippen molar-refractivity contribution in [2.24, 2.45) is 5.92 Å². The van der Waals surface area contributed by atoms with Crippen molar-refractivity contribution in [2.75, 3.05) is 7.11 Å². The molecule has 0 bridgehead atoms. The van der Waals surface area contributed by atoms with E-state index in [1.807, 2.05) is 13.8 Å². The van der Waals surface area contributed by atoms with Crippen molar-refractivity contribution in [3.8, 4) is 5.69 Å². The fourth-order valence-corrected chi connectivity index (χ4v) is 2.17. The second-order valence-electron chi connectivity index (χ2n) is 5.28. The number of ether oxygens (including phenoxy) is 1. The zero-order valence-corrected chi connectivity index (χ0v) is 13.6. The summed E-state index contributed by atoms with van der Waals surface area (Å²) in [6.45, 7) is 3.73. The first-order valence-electron chi connectivity index (χ1n) is 7.39. The first-order chi connectivity index (χ1) is 11.5. The number of carbonyl (C=O) groups is 2. The molecule has 1 aromatic heterocycles. The number of rotatable bonds is 6. The van der Waals surface area contributed by atoms with E-state index < -0.39 is 23.7 Å². The molecule has 0 fully saturated rings. The molecule has 128 valence electrons. The van der Waals surface area contributed by atoms with Crippen LogP contribution in [0.1, 0.15) is 30.6 Å². The topological polar surface area (TPSA) is 99.0 Å². The van der Waals surface area contributed by atoms with Gasteiger partial charge in [0, 0.05) is 6.07 Å². The average Bonchev–Trinajstić information content (AvgIpc) is 3.12. The van der Waals surface area contributed by atoms with Crippen molar-refractivity contribution in [3.63, 3.8) is 0 Å². The summed E-state index contributed by atoms with van der Waals surface area (Å²) in [6, 6.07) is 2.80. The summed E-state index contributed by atoms with van der Waals surface area (Å²) in [5, 5.41) is 13.3. The Labute approximate surface area is 138 Å². The van der Waals surface area contributed by atoms with Gasteiger partial charge in [-0.05, 0) is 28.5 Å². The average molecular weight is 335 g/mol. The van der Waals surface area contributed by atoms with Crippen molar-refractivity contribution in [1.29, 1.82) is 0 Å². The number of halogens is 1. The number of hydrogen-bond acceptors (Lipinski definition) is 6. The lowest BCUT2D eigenvalue weighted by molar-refractivity contribution is -0.144. The molecule has 0 aliphatic rings. The SMILES string of the molecule is CCC(C)[C@H](NC(=O)c1ccc(F)cc1-n1cnnn1)C(=O)OC. The number of hydrogen-bond donors (Lipinski definition) is 1. The van der Waals surface area contributed by atoms with Crippen LogP contribution in [-0.2, 0) is 9.53 Å². The normalized spacial score (nSPS) is 13.2. The van der Waals surface area contributed by atoms with Gasteiger partial charge in [0.25, 0.3) is 5.91 Å². The Morgan fingerprint density at radius 3 is 2.75 bits per heavy atom. The molecule has 2 rings (SSSR count). The molecule has 0 aliphatic heterocycles. The van der Waals surface area contributed by atoms with Crippen LogP contribution < -0.4 is 5.32 Å². The van der Waals surface area contributed by atoms with Gasteiger partial charge in [-0.1, -0.05) is 20.3 Å². The van der Waals surface area contributed by atoms with Crippen LogP contribution in [0.5, 0.6) is 0 Å². The molecule has 1 unspecified atom stereocenters. The third-order valence-electron chi connectivity index (χ3n) is 3.75. The lowest BCUT2D eigenvalue weighted by Crippen LogP contribution is -2.45. The molecule has 1 N–H and O–H groups in total. The van der Waals surface area contributed by atoms with Crippen LogP contribution >= 0.6 is 0 Å². The highest BCUT2D eigenvalue weighted by Gasteiger charge is 2.28. The molecule has 1 heterocycles. The number of methoxy groups -OCH3 is 1. The molecule has 1 aromatic carbocycles. The van der Waals surface area contributed by atoms with Crippen molar-refractivity contribution in [1.82, 2.24) is 25.5 Å². The van der Waals surface area contributed by atoms with E-state index >= 15 is 0 Å². The third kappa shape index (κ3) is 3.73. The quantitative estimate of drug-likeness (QED) is 0.794. The predicted octanol–water partition coefficient (Wildman–Crippen LogP) is 1.12. The van der Waals surface area contributed by atoms with E-state index in [-0.39, 0.29) is 17.2 Å². The van der Waals surface area contributed by atoms with Gasteiger partial charge in [0.05, 0.1) is 18.4 Å². The summed E-state index contributed by atoms with van der Waals surface area (Å²) < 4.78 is 19.5. The van der Waals surface area contributed by atoms with E-state index in [1.54, 1.807) is 0 Å². The van der Waals surface area contributed by atoms with Gasteiger partial charge < -0.3 is 10.1 Å². The van der Waals surface area contributed by atoms with Crippen LogP contribution in [0.2, 0.25) is 0 Å². The van der Waals surface area contributed by atoms with Crippen LogP contribution in [0, 0.1) is 11.7 Å². The number of tetrazole rings is 1. The molecule has 8 nitrogen and oxygen atoms in total. The molecule has 0 saturated carbocycles. The van der Waals surface area contributed by atoms with Crippen molar-refractivity contribution in [3.05, 3.63) is 35.9 Å². The summed E-state index contributed by atoms with van der Waals surface area (Å²) in [4.78, 5) is 24.5. The zero-order chi connectivity index (χ0) is 17.7. The lowest BCUT2D eigenvalue weighted by Gasteiger charge is -2.22. The maximum atomic E-state index is 13.5. The van der Waals surface area contributed by atoms with Crippen LogP contribution in [0.4, 0.5) is 4.39 Å². The van der Waals surface area contributed by atoms with Gasteiger partial charge in [-0.25, -0.2) is 9.18 Å². The van der Waals surface area contributed by atoms with E-state index in [1.165, 1.54) is 24.2 Å². The standard InChI is InChI=1S/C15H18FN5O3/c1-4-9(2)13(15(23)24-3)18-14(22)11-6-5-10(16)7-12(11)21-8-17-19-20-21/h5-9,13H,4H2,1-3H3,(H,18,22)/t9?,13-/m0/s1. The van der Waals surface area contributed by atoms with Gasteiger partial charge >= 0.3 is 5.97 Å². The number of nitrogens with one attached hydrogen (secondary N) is 1. The van der Waals surface area contributed by atoms with Gasteiger partial charge in [0.15, 0.2) is 0 Å². The van der Waals surface area contributed by atoms with Crippen molar-refractivity contribution >= 4 is 11.9 Å². The molecular formula is C15H18FN5O3. The number of aromatic nitrogens is 4. The minimum atomic E-state index is -0.806. The molecule has 24 heavy (non-hydrogen) atoms. The minimum absolute atomic E-state index is 0.127. The monoisotopic (exact) mass is 335 g/mol. The van der Waals surface area contributed by atoms with Gasteiger partial charge in [-0.15, -0.1) is 5.10 Å². The molecule has 2 atom stereocenters. The van der Waals surface area contributed by atoms with Crippen molar-refractivity contribution in [2.45, 2.75) is 26.3 Å². The molecule has 2 aromatic rings. The largest absolute Gasteiger partial charge is 0.467 e. The number of benzene rings is 1. The van der Waals surface area contributed by atoms with Gasteiger partial charge in [-0.3, -0.25) is 4.79 Å². The highest BCUT2D eigenvalue weighted by molar-refractivity contribution is 5.99. The fourth-order valence-electron chi connectivity index (χ4n) is 2.17. The molecule has 1 amide bonds. The predicted molar refractivity (Wildman–Crippen MR) is 81.8 cm³/mol. The fraction of sp³-hybridized carbons (Fsp3) is 0.400. The Balaban J connectivity index is 2.34. The first-order valence-corrected chi connectivity index (χ1v) is 7.39. The Bertz CT molecular complexity index is 720. The Morgan fingerprint density at radius 2 is 2.17 bits per heavy atom. The smallest absolute Gasteiger partial charge is 0.328 e. The summed E-state index contributed by atoms with van der Waals surface area (Å²) in [5.74, 6) is -1.75. The van der Waals surface area contributed by atoms with E-state index in [0.717, 1.165) is 12.1 Å². The Hall–Kier alpha value is -2.84. The summed E-state index contributed by atoms with van der Waals surface area (Å²) in [6.07, 6.45) is 1.92. The van der Waals surface area contributed by atoms with Crippen LogP contribution in [0.25, 0.3) is 5.69 Å². The Morgan fingerprint density at radius 1 is 1.42 bits per heavy atom. The summed E-state index contributed by atoms with van der Waals surface area (Å²) in [5.41, 5.74) is 0.311. The number of amides is 1. The van der Waals surface area contributed by atoms with E-state index in [0.29, 0.717) is 6.42 Å². The van der Waals surface area contributed by atoms with Crippen LogP contribution in [0.15, 0.2) is 24.5 Å². The minimum Gasteiger partial charge on any atom is -0.467 e. The number of nitrogens with zero attached hydrogens (tertiary/aromatic N) is 4. The Kier molecular flexibility index (Phi) is 5.56.